The van der Waals surface area contributed by atoms with Gasteiger partial charge in [0.25, 0.3) is 0 Å². The monoisotopic (exact) mass is 573 g/mol. The molecule has 0 unspecified atom stereocenters. The molecule has 6 rings (SSSR count). The molecule has 1 aromatic heterocycles. The number of hydrogen-bond donors (Lipinski definition) is 2. The summed E-state index contributed by atoms with van der Waals surface area (Å²) in [6.07, 6.45) is 4.57. The van der Waals surface area contributed by atoms with Gasteiger partial charge in [0.1, 0.15) is 17.9 Å². The summed E-state index contributed by atoms with van der Waals surface area (Å²) in [4.78, 5) is 33.8. The number of carbonyl (C=O) groups is 1. The van der Waals surface area contributed by atoms with Crippen molar-refractivity contribution in [3.05, 3.63) is 66.0 Å². The summed E-state index contributed by atoms with van der Waals surface area (Å²) in [6.45, 7) is 7.24. The van der Waals surface area contributed by atoms with Gasteiger partial charge in [0, 0.05) is 69.6 Å². The number of carboxylic acids is 1. The van der Waals surface area contributed by atoms with Gasteiger partial charge >= 0.3 is 5.97 Å². The number of nitrogens with zero attached hydrogens (tertiary/aromatic N) is 6. The normalized spacial score (nSPS) is 20.6. The number of hydroxylamine groups is 1. The highest BCUT2D eigenvalue weighted by molar-refractivity contribution is 5.87. The van der Waals surface area contributed by atoms with Crippen LogP contribution >= 0.6 is 0 Å². The van der Waals surface area contributed by atoms with Crippen molar-refractivity contribution in [1.82, 2.24) is 19.8 Å². The van der Waals surface area contributed by atoms with Gasteiger partial charge in [-0.15, -0.1) is 0 Å². The van der Waals surface area contributed by atoms with Crippen LogP contribution in [-0.2, 0) is 4.84 Å². The minimum Gasteiger partial charge on any atom is -0.494 e. The van der Waals surface area contributed by atoms with Crippen LogP contribution in [0.2, 0.25) is 0 Å². The van der Waals surface area contributed by atoms with E-state index in [1.165, 1.54) is 32.3 Å². The fraction of sp³-hybridized carbons (Fsp3) is 0.452. The van der Waals surface area contributed by atoms with Gasteiger partial charge in [-0.3, -0.25) is 9.74 Å². The van der Waals surface area contributed by atoms with Crippen LogP contribution in [0, 0.1) is 0 Å². The molecule has 0 aliphatic carbocycles. The number of benzene rings is 2. The lowest BCUT2D eigenvalue weighted by Crippen LogP contribution is -2.52. The minimum absolute atomic E-state index is 0.152. The number of likely N-dealkylation sites (N-methyl/N-ethyl adjacent to an activating group) is 1. The smallest absolute Gasteiger partial charge is 0.335 e. The SMILES string of the molecule is COc1cc(N2CCC(N3CCN(C)CC3)CC2)ccc1Nc1cc(N2OCC[C@@H]2c2cccc(C(=O)O)c2)ncn1. The lowest BCUT2D eigenvalue weighted by molar-refractivity contribution is 0.0696. The third-order valence-corrected chi connectivity index (χ3v) is 8.63. The first-order valence-corrected chi connectivity index (χ1v) is 14.7. The van der Waals surface area contributed by atoms with Crippen molar-refractivity contribution in [1.29, 1.82) is 0 Å². The number of anilines is 4. The molecule has 3 saturated heterocycles. The van der Waals surface area contributed by atoms with Gasteiger partial charge in [-0.2, -0.15) is 0 Å². The van der Waals surface area contributed by atoms with Crippen LogP contribution in [0.5, 0.6) is 5.75 Å². The molecular formula is C31H39N7O4. The number of nitrogens with one attached hydrogen (secondary N) is 1. The van der Waals surface area contributed by atoms with E-state index in [4.69, 9.17) is 9.57 Å². The Kier molecular flexibility index (Phi) is 8.41. The molecule has 0 bridgehead atoms. The molecule has 3 fully saturated rings. The van der Waals surface area contributed by atoms with Gasteiger partial charge in [0.05, 0.1) is 31.0 Å². The molecule has 0 saturated carbocycles. The van der Waals surface area contributed by atoms with Gasteiger partial charge in [0.15, 0.2) is 5.82 Å². The van der Waals surface area contributed by atoms with Crippen LogP contribution < -0.4 is 20.0 Å². The number of piperazine rings is 1. The average molecular weight is 574 g/mol. The number of carboxylic acid groups (broad SMARTS) is 1. The van der Waals surface area contributed by atoms with Crippen molar-refractivity contribution in [2.45, 2.75) is 31.3 Å². The third-order valence-electron chi connectivity index (χ3n) is 8.63. The van der Waals surface area contributed by atoms with E-state index in [9.17, 15) is 9.90 Å². The number of aromatic carboxylic acids is 1. The maximum absolute atomic E-state index is 11.5. The molecular weight excluding hydrogens is 534 g/mol. The molecule has 2 N–H and O–H groups in total. The molecule has 0 amide bonds. The molecule has 3 aliphatic heterocycles. The molecule has 1 atom stereocenters. The van der Waals surface area contributed by atoms with E-state index >= 15 is 0 Å². The van der Waals surface area contributed by atoms with Gasteiger partial charge in [-0.1, -0.05) is 12.1 Å². The number of hydrogen-bond acceptors (Lipinski definition) is 10. The molecule has 0 radical (unpaired) electrons. The molecule has 3 aliphatic rings. The van der Waals surface area contributed by atoms with E-state index in [1.54, 1.807) is 30.4 Å². The van der Waals surface area contributed by atoms with Gasteiger partial charge in [-0.25, -0.2) is 19.8 Å². The Bertz CT molecular complexity index is 1390. The summed E-state index contributed by atoms with van der Waals surface area (Å²) in [6, 6.07) is 15.6. The maximum Gasteiger partial charge on any atom is 0.335 e. The number of methoxy groups -OCH3 is 1. The quantitative estimate of drug-likeness (QED) is 0.408. The predicted octanol–water partition coefficient (Wildman–Crippen LogP) is 4.03. The summed E-state index contributed by atoms with van der Waals surface area (Å²) in [7, 11) is 3.89. The molecule has 42 heavy (non-hydrogen) atoms. The van der Waals surface area contributed by atoms with Gasteiger partial charge < -0.3 is 25.0 Å². The number of piperidine rings is 1. The second-order valence-electron chi connectivity index (χ2n) is 11.2. The molecule has 222 valence electrons. The zero-order valence-corrected chi connectivity index (χ0v) is 24.3. The van der Waals surface area contributed by atoms with Gasteiger partial charge in [-0.05, 0) is 49.7 Å². The van der Waals surface area contributed by atoms with Crippen molar-refractivity contribution < 1.29 is 19.5 Å². The molecule has 4 heterocycles. The zero-order valence-electron chi connectivity index (χ0n) is 24.3. The summed E-state index contributed by atoms with van der Waals surface area (Å²) >= 11 is 0. The van der Waals surface area contributed by atoms with E-state index < -0.39 is 5.97 Å². The maximum atomic E-state index is 11.5. The Balaban J connectivity index is 1.13. The standard InChI is InChI=1S/C31H39N7O4/c1-35-13-15-37(16-14-35)24-8-11-36(12-9-24)25-6-7-26(28(19-25)41-2)34-29-20-30(33-21-32-29)38-27(10-17-42-38)22-4-3-5-23(18-22)31(39)40/h3-7,18-21,24,27H,8-17H2,1-2H3,(H,39,40)(H,32,33,34)/t27-/m1/s1. The number of ether oxygens (including phenoxy) is 1. The summed E-state index contributed by atoms with van der Waals surface area (Å²) in [5.41, 5.74) is 3.09. The van der Waals surface area contributed by atoms with E-state index in [2.05, 4.69) is 49.2 Å². The second-order valence-corrected chi connectivity index (χ2v) is 11.2. The third kappa shape index (κ3) is 6.13. The van der Waals surface area contributed by atoms with Crippen LogP contribution in [0.3, 0.4) is 0 Å². The largest absolute Gasteiger partial charge is 0.494 e. The van der Waals surface area contributed by atoms with Crippen molar-refractivity contribution in [2.24, 2.45) is 0 Å². The molecule has 0 spiro atoms. The highest BCUT2D eigenvalue weighted by atomic mass is 16.7. The first kappa shape index (κ1) is 28.2. The minimum atomic E-state index is -0.953. The van der Waals surface area contributed by atoms with Crippen LogP contribution in [-0.4, -0.2) is 96.9 Å². The van der Waals surface area contributed by atoms with Crippen LogP contribution in [0.4, 0.5) is 23.0 Å². The Morgan fingerprint density at radius 1 is 1.00 bits per heavy atom. The summed E-state index contributed by atoms with van der Waals surface area (Å²) in [5.74, 6) is 0.989. The van der Waals surface area contributed by atoms with Crippen molar-refractivity contribution in [3.8, 4) is 5.75 Å². The Morgan fingerprint density at radius 2 is 1.81 bits per heavy atom. The van der Waals surface area contributed by atoms with E-state index in [-0.39, 0.29) is 11.6 Å². The Hall–Kier alpha value is -3.93. The predicted molar refractivity (Wildman–Crippen MR) is 162 cm³/mol. The zero-order chi connectivity index (χ0) is 29.1. The Labute approximate surface area is 246 Å². The highest BCUT2D eigenvalue weighted by Crippen LogP contribution is 2.37. The number of rotatable bonds is 8. The van der Waals surface area contributed by atoms with Crippen molar-refractivity contribution in [3.63, 3.8) is 0 Å². The lowest BCUT2D eigenvalue weighted by Gasteiger charge is -2.42. The molecule has 2 aromatic carbocycles. The first-order valence-electron chi connectivity index (χ1n) is 14.7. The summed E-state index contributed by atoms with van der Waals surface area (Å²) < 4.78 is 5.78. The molecule has 11 nitrogen and oxygen atoms in total. The fourth-order valence-corrected chi connectivity index (χ4v) is 6.21. The topological polar surface area (TPSA) is 107 Å². The molecule has 3 aromatic rings. The highest BCUT2D eigenvalue weighted by Gasteiger charge is 2.30. The van der Waals surface area contributed by atoms with Crippen molar-refractivity contribution in [2.75, 3.05) is 75.3 Å². The van der Waals surface area contributed by atoms with Crippen LogP contribution in [0.15, 0.2) is 54.9 Å². The van der Waals surface area contributed by atoms with E-state index in [0.29, 0.717) is 24.3 Å². The number of aromatic nitrogens is 2. The van der Waals surface area contributed by atoms with Crippen molar-refractivity contribution >= 4 is 29.0 Å². The fourth-order valence-electron chi connectivity index (χ4n) is 6.21. The van der Waals surface area contributed by atoms with Crippen LogP contribution in [0.1, 0.15) is 41.2 Å². The Morgan fingerprint density at radius 3 is 2.57 bits per heavy atom. The summed E-state index contributed by atoms with van der Waals surface area (Å²) in [5, 5.41) is 14.5. The first-order chi connectivity index (χ1) is 20.5. The molecule has 11 heteroatoms. The van der Waals surface area contributed by atoms with E-state index in [1.807, 2.05) is 18.2 Å². The lowest BCUT2D eigenvalue weighted by atomic mass is 10.0. The second kappa shape index (κ2) is 12.5. The van der Waals surface area contributed by atoms with Crippen LogP contribution in [0.25, 0.3) is 0 Å². The van der Waals surface area contributed by atoms with Gasteiger partial charge in [0.2, 0.25) is 0 Å². The van der Waals surface area contributed by atoms with E-state index in [0.717, 1.165) is 55.3 Å². The average Bonchev–Trinajstić information content (AvgIpc) is 3.52.